The Labute approximate surface area is 92.5 Å². The molecule has 4 nitrogen and oxygen atoms in total. The molecule has 1 aliphatic rings. The average molecular weight is 217 g/mol. The molecule has 2 atom stereocenters. The first kappa shape index (κ1) is 12.9. The molecule has 4 heteroatoms. The molecule has 15 heavy (non-hydrogen) atoms. The minimum atomic E-state index is 0.0520. The van der Waals surface area contributed by atoms with E-state index in [4.69, 9.17) is 14.2 Å². The van der Waals surface area contributed by atoms with Crippen LogP contribution in [0.25, 0.3) is 0 Å². The summed E-state index contributed by atoms with van der Waals surface area (Å²) in [6.07, 6.45) is 2.31. The van der Waals surface area contributed by atoms with E-state index in [1.54, 1.807) is 21.3 Å². The standard InChI is InChI=1S/C11H23NO3/c1-12(2)8-6-9(13-3)11(15-5)10(7-8)14-4/h8-11H,6-7H2,1-5H3. The first-order valence-electron chi connectivity index (χ1n) is 5.38. The van der Waals surface area contributed by atoms with E-state index in [1.165, 1.54) is 0 Å². The summed E-state index contributed by atoms with van der Waals surface area (Å²) in [6, 6.07) is 0.506. The van der Waals surface area contributed by atoms with Crippen molar-refractivity contribution in [3.05, 3.63) is 0 Å². The minimum Gasteiger partial charge on any atom is -0.379 e. The SMILES string of the molecule is COC1CC(N(C)C)CC(OC)C1OC. The van der Waals surface area contributed by atoms with Gasteiger partial charge in [-0.3, -0.25) is 0 Å². The van der Waals surface area contributed by atoms with Crippen molar-refractivity contribution in [1.82, 2.24) is 4.90 Å². The van der Waals surface area contributed by atoms with E-state index in [1.807, 2.05) is 0 Å². The van der Waals surface area contributed by atoms with Crippen LogP contribution in [-0.2, 0) is 14.2 Å². The van der Waals surface area contributed by atoms with E-state index in [9.17, 15) is 0 Å². The lowest BCUT2D eigenvalue weighted by atomic mass is 9.87. The van der Waals surface area contributed by atoms with Crippen LogP contribution >= 0.6 is 0 Å². The second-order valence-corrected chi connectivity index (χ2v) is 4.34. The second kappa shape index (κ2) is 5.80. The van der Waals surface area contributed by atoms with Gasteiger partial charge in [0, 0.05) is 27.4 Å². The van der Waals surface area contributed by atoms with Crippen molar-refractivity contribution in [2.24, 2.45) is 0 Å². The largest absolute Gasteiger partial charge is 0.379 e. The molecule has 2 unspecified atom stereocenters. The smallest absolute Gasteiger partial charge is 0.109 e. The Morgan fingerprint density at radius 3 is 1.60 bits per heavy atom. The van der Waals surface area contributed by atoms with Crippen molar-refractivity contribution < 1.29 is 14.2 Å². The highest BCUT2D eigenvalue weighted by Gasteiger charge is 2.39. The van der Waals surface area contributed by atoms with E-state index < -0.39 is 0 Å². The average Bonchev–Trinajstić information content (AvgIpc) is 2.26. The van der Waals surface area contributed by atoms with Gasteiger partial charge in [-0.25, -0.2) is 0 Å². The summed E-state index contributed by atoms with van der Waals surface area (Å²) in [5, 5.41) is 0. The maximum Gasteiger partial charge on any atom is 0.109 e. The van der Waals surface area contributed by atoms with Gasteiger partial charge in [0.25, 0.3) is 0 Å². The Kier molecular flexibility index (Phi) is 4.99. The van der Waals surface area contributed by atoms with Gasteiger partial charge in [-0.1, -0.05) is 0 Å². The predicted molar refractivity (Wildman–Crippen MR) is 59.1 cm³/mol. The molecule has 1 saturated carbocycles. The zero-order chi connectivity index (χ0) is 11.4. The summed E-state index contributed by atoms with van der Waals surface area (Å²) in [7, 11) is 9.38. The predicted octanol–water partition coefficient (Wildman–Crippen LogP) is 0.755. The molecule has 0 bridgehead atoms. The molecule has 1 rings (SSSR count). The van der Waals surface area contributed by atoms with Crippen molar-refractivity contribution in [2.45, 2.75) is 37.2 Å². The van der Waals surface area contributed by atoms with E-state index >= 15 is 0 Å². The van der Waals surface area contributed by atoms with Gasteiger partial charge in [0.05, 0.1) is 12.2 Å². The van der Waals surface area contributed by atoms with Crippen LogP contribution in [0.3, 0.4) is 0 Å². The van der Waals surface area contributed by atoms with Crippen molar-refractivity contribution in [3.8, 4) is 0 Å². The van der Waals surface area contributed by atoms with Gasteiger partial charge in [0.2, 0.25) is 0 Å². The lowest BCUT2D eigenvalue weighted by molar-refractivity contribution is -0.141. The molecule has 0 aromatic carbocycles. The van der Waals surface area contributed by atoms with Crippen molar-refractivity contribution in [3.63, 3.8) is 0 Å². The maximum absolute atomic E-state index is 5.48. The number of methoxy groups -OCH3 is 3. The monoisotopic (exact) mass is 217 g/mol. The van der Waals surface area contributed by atoms with Gasteiger partial charge in [-0.15, -0.1) is 0 Å². The minimum absolute atomic E-state index is 0.0520. The molecule has 1 fully saturated rings. The van der Waals surface area contributed by atoms with Crippen molar-refractivity contribution >= 4 is 0 Å². The van der Waals surface area contributed by atoms with Gasteiger partial charge in [-0.2, -0.15) is 0 Å². The van der Waals surface area contributed by atoms with Crippen LogP contribution in [0.1, 0.15) is 12.8 Å². The Bertz CT molecular complexity index is 173. The lowest BCUT2D eigenvalue weighted by Gasteiger charge is -2.41. The summed E-state index contributed by atoms with van der Waals surface area (Å²) in [5.41, 5.74) is 0. The summed E-state index contributed by atoms with van der Waals surface area (Å²) in [5.74, 6) is 0. The molecule has 0 radical (unpaired) electrons. The van der Waals surface area contributed by atoms with Gasteiger partial charge in [0.15, 0.2) is 0 Å². The number of ether oxygens (including phenoxy) is 3. The fourth-order valence-electron chi connectivity index (χ4n) is 2.33. The Hall–Kier alpha value is -0.160. The van der Waals surface area contributed by atoms with E-state index in [0.29, 0.717) is 6.04 Å². The van der Waals surface area contributed by atoms with Gasteiger partial charge < -0.3 is 19.1 Å². The van der Waals surface area contributed by atoms with Gasteiger partial charge in [-0.05, 0) is 26.9 Å². The van der Waals surface area contributed by atoms with Crippen molar-refractivity contribution in [1.29, 1.82) is 0 Å². The van der Waals surface area contributed by atoms with Crippen LogP contribution in [-0.4, -0.2) is 64.7 Å². The topological polar surface area (TPSA) is 30.9 Å². The summed E-state index contributed by atoms with van der Waals surface area (Å²) in [4.78, 5) is 2.23. The van der Waals surface area contributed by atoms with E-state index in [-0.39, 0.29) is 18.3 Å². The molecule has 0 amide bonds. The summed E-state index contributed by atoms with van der Waals surface area (Å²) < 4.78 is 16.4. The molecule has 0 aliphatic heterocycles. The third kappa shape index (κ3) is 2.91. The van der Waals surface area contributed by atoms with Crippen LogP contribution in [0.2, 0.25) is 0 Å². The molecular formula is C11H23NO3. The molecule has 0 heterocycles. The highest BCUT2D eigenvalue weighted by Crippen LogP contribution is 2.28. The van der Waals surface area contributed by atoms with Crippen LogP contribution in [0.5, 0.6) is 0 Å². The second-order valence-electron chi connectivity index (χ2n) is 4.34. The van der Waals surface area contributed by atoms with E-state index in [2.05, 4.69) is 19.0 Å². The maximum atomic E-state index is 5.48. The Balaban J connectivity index is 2.69. The summed E-state index contributed by atoms with van der Waals surface area (Å²) >= 11 is 0. The normalized spacial score (nSPS) is 37.2. The molecule has 1 aliphatic carbocycles. The fraction of sp³-hybridized carbons (Fsp3) is 1.00. The zero-order valence-corrected chi connectivity index (χ0v) is 10.4. The number of hydrogen-bond acceptors (Lipinski definition) is 4. The first-order chi connectivity index (χ1) is 7.13. The fourth-order valence-corrected chi connectivity index (χ4v) is 2.33. The lowest BCUT2D eigenvalue weighted by Crippen LogP contribution is -2.52. The number of rotatable bonds is 4. The van der Waals surface area contributed by atoms with Crippen LogP contribution in [0.4, 0.5) is 0 Å². The molecule has 0 N–H and O–H groups in total. The van der Waals surface area contributed by atoms with E-state index in [0.717, 1.165) is 12.8 Å². The molecule has 0 saturated heterocycles. The third-order valence-corrected chi connectivity index (χ3v) is 3.35. The quantitative estimate of drug-likeness (QED) is 0.695. The highest BCUT2D eigenvalue weighted by molar-refractivity contribution is 4.91. The highest BCUT2D eigenvalue weighted by atomic mass is 16.6. The van der Waals surface area contributed by atoms with Crippen LogP contribution in [0.15, 0.2) is 0 Å². The molecule has 0 aromatic heterocycles. The van der Waals surface area contributed by atoms with Gasteiger partial charge >= 0.3 is 0 Å². The zero-order valence-electron chi connectivity index (χ0n) is 10.4. The van der Waals surface area contributed by atoms with Gasteiger partial charge in [0.1, 0.15) is 6.10 Å². The third-order valence-electron chi connectivity index (χ3n) is 3.35. The molecule has 90 valence electrons. The number of nitrogens with zero attached hydrogens (tertiary/aromatic N) is 1. The molecule has 0 aromatic rings. The van der Waals surface area contributed by atoms with Crippen molar-refractivity contribution in [2.75, 3.05) is 35.4 Å². The molecular weight excluding hydrogens is 194 g/mol. The number of hydrogen-bond donors (Lipinski definition) is 0. The molecule has 0 spiro atoms. The first-order valence-corrected chi connectivity index (χ1v) is 5.38. The summed E-state index contributed by atoms with van der Waals surface area (Å²) in [6.45, 7) is 0. The van der Waals surface area contributed by atoms with Crippen LogP contribution < -0.4 is 0 Å². The Morgan fingerprint density at radius 1 is 0.867 bits per heavy atom. The van der Waals surface area contributed by atoms with Crippen LogP contribution in [0, 0.1) is 0 Å². The Morgan fingerprint density at radius 2 is 1.33 bits per heavy atom.